The first kappa shape index (κ1) is 15.2. The Bertz CT molecular complexity index is 611. The molecule has 0 saturated carbocycles. The van der Waals surface area contributed by atoms with E-state index in [0.717, 1.165) is 23.3 Å². The minimum Gasteiger partial charge on any atom is -0.457 e. The highest BCUT2D eigenvalue weighted by Gasteiger charge is 2.07. The van der Waals surface area contributed by atoms with Gasteiger partial charge in [0.25, 0.3) is 0 Å². The molecule has 0 amide bonds. The van der Waals surface area contributed by atoms with Gasteiger partial charge in [0.2, 0.25) is 0 Å². The maximum absolute atomic E-state index is 6.25. The maximum Gasteiger partial charge on any atom is 0.130 e. The molecule has 0 aliphatic heterocycles. The summed E-state index contributed by atoms with van der Waals surface area (Å²) in [5.41, 5.74) is 7.80. The van der Waals surface area contributed by atoms with Gasteiger partial charge in [-0.3, -0.25) is 0 Å². The smallest absolute Gasteiger partial charge is 0.130 e. The van der Waals surface area contributed by atoms with Crippen molar-refractivity contribution >= 4 is 23.2 Å². The molecule has 0 fully saturated rings. The lowest BCUT2D eigenvalue weighted by molar-refractivity contribution is 0.478. The van der Waals surface area contributed by atoms with Crippen LogP contribution in [0.15, 0.2) is 36.4 Å². The molecule has 2 aromatic rings. The molecule has 0 aliphatic carbocycles. The second kappa shape index (κ2) is 6.49. The molecule has 0 aromatic heterocycles. The van der Waals surface area contributed by atoms with Gasteiger partial charge in [-0.15, -0.1) is 0 Å². The molecule has 0 saturated heterocycles. The van der Waals surface area contributed by atoms with E-state index in [1.165, 1.54) is 0 Å². The van der Waals surface area contributed by atoms with E-state index in [-0.39, 0.29) is 6.04 Å². The van der Waals surface area contributed by atoms with Crippen molar-refractivity contribution in [2.75, 3.05) is 0 Å². The molecule has 1 unspecified atom stereocenters. The highest BCUT2D eigenvalue weighted by atomic mass is 35.5. The summed E-state index contributed by atoms with van der Waals surface area (Å²) >= 11 is 12.2. The first-order valence-corrected chi connectivity index (χ1v) is 7.19. The van der Waals surface area contributed by atoms with Gasteiger partial charge in [-0.25, -0.2) is 0 Å². The van der Waals surface area contributed by atoms with Crippen LogP contribution in [0.5, 0.6) is 11.5 Å². The molecule has 2 nitrogen and oxygen atoms in total. The Morgan fingerprint density at radius 1 is 1.15 bits per heavy atom. The molecule has 0 radical (unpaired) electrons. The minimum atomic E-state index is 0.0813. The fourth-order valence-electron chi connectivity index (χ4n) is 1.96. The van der Waals surface area contributed by atoms with Crippen molar-refractivity contribution in [3.63, 3.8) is 0 Å². The Kier molecular flexibility index (Phi) is 4.92. The first-order valence-electron chi connectivity index (χ1n) is 6.43. The maximum atomic E-state index is 6.25. The van der Waals surface area contributed by atoms with Crippen molar-refractivity contribution < 1.29 is 4.74 Å². The standard InChI is InChI=1S/C16H17Cl2NO/c1-10-7-13(17)4-6-16(10)20-14-5-3-12(8-11(2)19)15(18)9-14/h3-7,9,11H,8,19H2,1-2H3. The second-order valence-corrected chi connectivity index (χ2v) is 5.79. The van der Waals surface area contributed by atoms with Crippen LogP contribution >= 0.6 is 23.2 Å². The second-order valence-electron chi connectivity index (χ2n) is 4.95. The molecule has 2 rings (SSSR count). The highest BCUT2D eigenvalue weighted by molar-refractivity contribution is 6.31. The number of ether oxygens (including phenoxy) is 1. The number of benzene rings is 2. The zero-order chi connectivity index (χ0) is 14.7. The van der Waals surface area contributed by atoms with E-state index >= 15 is 0 Å². The van der Waals surface area contributed by atoms with Gasteiger partial charge < -0.3 is 10.5 Å². The van der Waals surface area contributed by atoms with Crippen molar-refractivity contribution in [1.29, 1.82) is 0 Å². The quantitative estimate of drug-likeness (QED) is 0.864. The number of aryl methyl sites for hydroxylation is 1. The Morgan fingerprint density at radius 2 is 1.90 bits per heavy atom. The summed E-state index contributed by atoms with van der Waals surface area (Å²) in [4.78, 5) is 0. The van der Waals surface area contributed by atoms with Crippen LogP contribution in [-0.4, -0.2) is 6.04 Å². The van der Waals surface area contributed by atoms with Gasteiger partial charge in [0, 0.05) is 16.1 Å². The number of nitrogens with two attached hydrogens (primary N) is 1. The monoisotopic (exact) mass is 309 g/mol. The summed E-state index contributed by atoms with van der Waals surface area (Å²) in [7, 11) is 0. The Labute approximate surface area is 129 Å². The summed E-state index contributed by atoms with van der Waals surface area (Å²) in [5, 5.41) is 1.37. The molecule has 20 heavy (non-hydrogen) atoms. The van der Waals surface area contributed by atoms with Crippen molar-refractivity contribution in [1.82, 2.24) is 0 Å². The van der Waals surface area contributed by atoms with Crippen molar-refractivity contribution in [3.05, 3.63) is 57.6 Å². The normalized spacial score (nSPS) is 12.2. The van der Waals surface area contributed by atoms with Crippen LogP contribution < -0.4 is 10.5 Å². The molecule has 2 N–H and O–H groups in total. The van der Waals surface area contributed by atoms with Crippen LogP contribution in [0, 0.1) is 6.92 Å². The summed E-state index contributed by atoms with van der Waals surface area (Å²) in [6.07, 6.45) is 0.749. The van der Waals surface area contributed by atoms with Gasteiger partial charge in [-0.05, 0) is 61.7 Å². The fourth-order valence-corrected chi connectivity index (χ4v) is 2.43. The molecular formula is C16H17Cl2NO. The van der Waals surface area contributed by atoms with Gasteiger partial charge >= 0.3 is 0 Å². The Hall–Kier alpha value is -1.22. The van der Waals surface area contributed by atoms with Gasteiger partial charge in [-0.1, -0.05) is 29.3 Å². The summed E-state index contributed by atoms with van der Waals surface area (Å²) in [6, 6.07) is 11.3. The number of hydrogen-bond donors (Lipinski definition) is 1. The van der Waals surface area contributed by atoms with E-state index in [1.54, 1.807) is 6.07 Å². The van der Waals surface area contributed by atoms with E-state index in [0.29, 0.717) is 15.8 Å². The number of hydrogen-bond acceptors (Lipinski definition) is 2. The first-order chi connectivity index (χ1) is 9.45. The minimum absolute atomic E-state index is 0.0813. The van der Waals surface area contributed by atoms with Gasteiger partial charge in [0.05, 0.1) is 0 Å². The summed E-state index contributed by atoms with van der Waals surface area (Å²) < 4.78 is 5.83. The highest BCUT2D eigenvalue weighted by Crippen LogP contribution is 2.30. The Morgan fingerprint density at radius 3 is 2.50 bits per heavy atom. The predicted molar refractivity (Wildman–Crippen MR) is 85.1 cm³/mol. The summed E-state index contributed by atoms with van der Waals surface area (Å²) in [6.45, 7) is 3.91. The fraction of sp³-hybridized carbons (Fsp3) is 0.250. The molecule has 0 aliphatic rings. The topological polar surface area (TPSA) is 35.2 Å². The molecule has 2 aromatic carbocycles. The van der Waals surface area contributed by atoms with E-state index in [1.807, 2.05) is 44.2 Å². The van der Waals surface area contributed by atoms with Crippen LogP contribution in [0.25, 0.3) is 0 Å². The SMILES string of the molecule is Cc1cc(Cl)ccc1Oc1ccc(CC(C)N)c(Cl)c1. The van der Waals surface area contributed by atoms with E-state index in [2.05, 4.69) is 0 Å². The molecule has 0 heterocycles. The zero-order valence-corrected chi connectivity index (χ0v) is 13.0. The van der Waals surface area contributed by atoms with E-state index in [4.69, 9.17) is 33.7 Å². The molecular weight excluding hydrogens is 293 g/mol. The molecule has 0 bridgehead atoms. The van der Waals surface area contributed by atoms with E-state index < -0.39 is 0 Å². The van der Waals surface area contributed by atoms with Crippen molar-refractivity contribution in [3.8, 4) is 11.5 Å². The summed E-state index contributed by atoms with van der Waals surface area (Å²) in [5.74, 6) is 1.47. The van der Waals surface area contributed by atoms with Crippen LogP contribution in [0.1, 0.15) is 18.1 Å². The third-order valence-corrected chi connectivity index (χ3v) is 3.52. The predicted octanol–water partition coefficient (Wildman–Crippen LogP) is 4.98. The van der Waals surface area contributed by atoms with Crippen molar-refractivity contribution in [2.24, 2.45) is 5.73 Å². The van der Waals surface area contributed by atoms with Crippen LogP contribution in [-0.2, 0) is 6.42 Å². The van der Waals surface area contributed by atoms with Crippen LogP contribution in [0.4, 0.5) is 0 Å². The lowest BCUT2D eigenvalue weighted by Gasteiger charge is -2.12. The molecule has 106 valence electrons. The lowest BCUT2D eigenvalue weighted by Crippen LogP contribution is -2.17. The van der Waals surface area contributed by atoms with Crippen molar-refractivity contribution in [2.45, 2.75) is 26.3 Å². The van der Waals surface area contributed by atoms with Gasteiger partial charge in [-0.2, -0.15) is 0 Å². The third-order valence-electron chi connectivity index (χ3n) is 2.93. The average molecular weight is 310 g/mol. The number of halogens is 2. The lowest BCUT2D eigenvalue weighted by atomic mass is 10.1. The zero-order valence-electron chi connectivity index (χ0n) is 11.5. The van der Waals surface area contributed by atoms with Gasteiger partial charge in [0.15, 0.2) is 0 Å². The van der Waals surface area contributed by atoms with Gasteiger partial charge in [0.1, 0.15) is 11.5 Å². The van der Waals surface area contributed by atoms with Crippen LogP contribution in [0.2, 0.25) is 10.0 Å². The van der Waals surface area contributed by atoms with E-state index in [9.17, 15) is 0 Å². The largest absolute Gasteiger partial charge is 0.457 e. The third kappa shape index (κ3) is 3.89. The molecule has 4 heteroatoms. The molecule has 0 spiro atoms. The molecule has 1 atom stereocenters. The number of rotatable bonds is 4. The average Bonchev–Trinajstić information content (AvgIpc) is 2.36. The Balaban J connectivity index is 2.20. The van der Waals surface area contributed by atoms with Crippen LogP contribution in [0.3, 0.4) is 0 Å².